The molecule has 0 bridgehead atoms. The summed E-state index contributed by atoms with van der Waals surface area (Å²) in [4.78, 5) is 11.4. The molecule has 0 atom stereocenters. The Hall–Kier alpha value is -1.56. The zero-order valence-electron chi connectivity index (χ0n) is 11.5. The zero-order chi connectivity index (χ0) is 15.3. The number of hydrogen-bond acceptors (Lipinski definition) is 3. The number of phenols is 1. The van der Waals surface area contributed by atoms with Crippen LogP contribution in [0.3, 0.4) is 0 Å². The topological polar surface area (TPSA) is 58.6 Å². The maximum atomic E-state index is 13.3. The second-order valence-electron chi connectivity index (χ2n) is 5.11. The summed E-state index contributed by atoms with van der Waals surface area (Å²) < 4.78 is 18.8. The number of carbonyl (C=O) groups is 1. The smallest absolute Gasteiger partial charge is 0.407 e. The van der Waals surface area contributed by atoms with Gasteiger partial charge in [0.15, 0.2) is 11.6 Å². The number of hydrogen-bond donors (Lipinski definition) is 2. The summed E-state index contributed by atoms with van der Waals surface area (Å²) in [6, 6.07) is 2.74. The maximum absolute atomic E-state index is 13.3. The molecule has 1 aromatic carbocycles. The van der Waals surface area contributed by atoms with Gasteiger partial charge in [-0.05, 0) is 32.9 Å². The van der Waals surface area contributed by atoms with Crippen LogP contribution < -0.4 is 5.32 Å². The summed E-state index contributed by atoms with van der Waals surface area (Å²) in [7, 11) is 0. The molecule has 0 aliphatic heterocycles. The second-order valence-corrected chi connectivity index (χ2v) is 6.03. The number of rotatable bonds is 3. The van der Waals surface area contributed by atoms with Gasteiger partial charge in [-0.1, -0.05) is 28.1 Å². The molecule has 0 aromatic heterocycles. The number of ether oxygens (including phenoxy) is 1. The van der Waals surface area contributed by atoms with E-state index in [1.54, 1.807) is 32.9 Å². The van der Waals surface area contributed by atoms with E-state index in [-0.39, 0.29) is 6.54 Å². The van der Waals surface area contributed by atoms with Crippen molar-refractivity contribution in [2.75, 3.05) is 6.54 Å². The van der Waals surface area contributed by atoms with Crippen LogP contribution in [-0.4, -0.2) is 23.3 Å². The molecule has 0 spiro atoms. The van der Waals surface area contributed by atoms with E-state index in [9.17, 15) is 14.3 Å². The number of benzene rings is 1. The molecule has 2 N–H and O–H groups in total. The van der Waals surface area contributed by atoms with E-state index in [1.807, 2.05) is 0 Å². The summed E-state index contributed by atoms with van der Waals surface area (Å²) in [5, 5.41) is 12.0. The van der Waals surface area contributed by atoms with Crippen molar-refractivity contribution in [1.29, 1.82) is 0 Å². The molecular formula is C14H17BrFNO3. The van der Waals surface area contributed by atoms with Gasteiger partial charge in [0.2, 0.25) is 0 Å². The molecule has 6 heteroatoms. The molecule has 0 unspecified atom stereocenters. The lowest BCUT2D eigenvalue weighted by Gasteiger charge is -2.19. The highest BCUT2D eigenvalue weighted by molar-refractivity contribution is 9.10. The Morgan fingerprint density at radius 3 is 2.75 bits per heavy atom. The Morgan fingerprint density at radius 1 is 1.50 bits per heavy atom. The molecule has 0 saturated carbocycles. The molecule has 0 aliphatic carbocycles. The van der Waals surface area contributed by atoms with Crippen molar-refractivity contribution in [3.05, 3.63) is 34.1 Å². The van der Waals surface area contributed by atoms with Gasteiger partial charge in [-0.25, -0.2) is 9.18 Å². The number of phenolic OH excluding ortho intramolecular Hbond substituents is 1. The van der Waals surface area contributed by atoms with Gasteiger partial charge >= 0.3 is 6.09 Å². The highest BCUT2D eigenvalue weighted by Gasteiger charge is 2.15. The maximum Gasteiger partial charge on any atom is 0.407 e. The molecule has 110 valence electrons. The van der Waals surface area contributed by atoms with Crippen molar-refractivity contribution in [1.82, 2.24) is 5.32 Å². The van der Waals surface area contributed by atoms with Crippen molar-refractivity contribution in [2.45, 2.75) is 26.4 Å². The van der Waals surface area contributed by atoms with Gasteiger partial charge in [-0.15, -0.1) is 0 Å². The predicted octanol–water partition coefficient (Wildman–Crippen LogP) is 3.83. The van der Waals surface area contributed by atoms with E-state index in [0.29, 0.717) is 10.0 Å². The van der Waals surface area contributed by atoms with Crippen LogP contribution in [-0.2, 0) is 4.74 Å². The fourth-order valence-electron chi connectivity index (χ4n) is 1.36. The van der Waals surface area contributed by atoms with Crippen molar-refractivity contribution in [3.63, 3.8) is 0 Å². The third-order valence-electron chi connectivity index (χ3n) is 2.12. The van der Waals surface area contributed by atoms with Crippen LogP contribution in [0.2, 0.25) is 0 Å². The van der Waals surface area contributed by atoms with Gasteiger partial charge in [0.25, 0.3) is 0 Å². The highest BCUT2D eigenvalue weighted by Crippen LogP contribution is 2.26. The quantitative estimate of drug-likeness (QED) is 0.875. The van der Waals surface area contributed by atoms with Crippen LogP contribution in [0.5, 0.6) is 5.75 Å². The first-order valence-electron chi connectivity index (χ1n) is 6.00. The first-order chi connectivity index (χ1) is 9.19. The fourth-order valence-corrected chi connectivity index (χ4v) is 1.80. The number of nitrogens with one attached hydrogen (secondary N) is 1. The summed E-state index contributed by atoms with van der Waals surface area (Å²) >= 11 is 3.14. The van der Waals surface area contributed by atoms with Crippen molar-refractivity contribution in [3.8, 4) is 5.75 Å². The first-order valence-corrected chi connectivity index (χ1v) is 6.80. The predicted molar refractivity (Wildman–Crippen MR) is 79.0 cm³/mol. The third-order valence-corrected chi connectivity index (χ3v) is 2.58. The molecule has 1 amide bonds. The van der Waals surface area contributed by atoms with Crippen LogP contribution in [0.4, 0.5) is 9.18 Å². The Balaban J connectivity index is 2.56. The highest BCUT2D eigenvalue weighted by atomic mass is 79.9. The van der Waals surface area contributed by atoms with Gasteiger partial charge in [0, 0.05) is 16.6 Å². The molecule has 4 nitrogen and oxygen atoms in total. The molecule has 0 radical (unpaired) electrons. The lowest BCUT2D eigenvalue weighted by Crippen LogP contribution is -2.32. The first kappa shape index (κ1) is 16.5. The number of halogens is 2. The lowest BCUT2D eigenvalue weighted by atomic mass is 10.2. The van der Waals surface area contributed by atoms with E-state index in [0.717, 1.165) is 0 Å². The Morgan fingerprint density at radius 2 is 2.15 bits per heavy atom. The normalized spacial score (nSPS) is 11.7. The molecule has 0 saturated heterocycles. The van der Waals surface area contributed by atoms with Crippen LogP contribution in [0.1, 0.15) is 26.3 Å². The number of alkyl carbamates (subject to hydrolysis) is 1. The molecule has 0 aliphatic rings. The van der Waals surface area contributed by atoms with Gasteiger partial charge in [0.1, 0.15) is 5.60 Å². The van der Waals surface area contributed by atoms with Crippen LogP contribution in [0.25, 0.3) is 6.08 Å². The van der Waals surface area contributed by atoms with Crippen LogP contribution in [0, 0.1) is 5.82 Å². The zero-order valence-corrected chi connectivity index (χ0v) is 13.1. The van der Waals surface area contributed by atoms with Crippen LogP contribution >= 0.6 is 15.9 Å². The lowest BCUT2D eigenvalue weighted by molar-refractivity contribution is 0.0534. The Bertz CT molecular complexity index is 524. The summed E-state index contributed by atoms with van der Waals surface area (Å²) in [5.74, 6) is -1.14. The van der Waals surface area contributed by atoms with Gasteiger partial charge < -0.3 is 15.2 Å². The summed E-state index contributed by atoms with van der Waals surface area (Å²) in [5.41, 5.74) is -0.234. The van der Waals surface area contributed by atoms with Gasteiger partial charge in [0.05, 0.1) is 0 Å². The average molecular weight is 346 g/mol. The Kier molecular flexibility index (Phi) is 5.56. The van der Waals surface area contributed by atoms with E-state index in [2.05, 4.69) is 21.2 Å². The standard InChI is InChI=1S/C14H17BrFNO3/c1-14(2,3)20-13(19)17-6-4-5-9-7-10(15)8-11(16)12(9)18/h4-5,7-8,18H,6H2,1-3H3,(H,17,19). The van der Waals surface area contributed by atoms with Crippen LogP contribution in [0.15, 0.2) is 22.7 Å². The van der Waals surface area contributed by atoms with E-state index >= 15 is 0 Å². The van der Waals surface area contributed by atoms with E-state index in [4.69, 9.17) is 4.74 Å². The monoisotopic (exact) mass is 345 g/mol. The molecular weight excluding hydrogens is 329 g/mol. The van der Waals surface area contributed by atoms with Crippen molar-refractivity contribution < 1.29 is 19.0 Å². The molecule has 1 aromatic rings. The van der Waals surface area contributed by atoms with E-state index < -0.39 is 23.3 Å². The van der Waals surface area contributed by atoms with Gasteiger partial charge in [-0.2, -0.15) is 0 Å². The average Bonchev–Trinajstić information content (AvgIpc) is 2.28. The number of carbonyl (C=O) groups excluding carboxylic acids is 1. The van der Waals surface area contributed by atoms with Gasteiger partial charge in [-0.3, -0.25) is 0 Å². The van der Waals surface area contributed by atoms with E-state index in [1.165, 1.54) is 12.1 Å². The summed E-state index contributed by atoms with van der Waals surface area (Å²) in [6.45, 7) is 5.52. The molecule has 1 rings (SSSR count). The molecule has 0 fully saturated rings. The number of amides is 1. The van der Waals surface area contributed by atoms with Crippen molar-refractivity contribution in [2.24, 2.45) is 0 Å². The minimum atomic E-state index is -0.709. The molecule has 20 heavy (non-hydrogen) atoms. The minimum absolute atomic E-state index is 0.211. The van der Waals surface area contributed by atoms with Crippen molar-refractivity contribution >= 4 is 28.1 Å². The minimum Gasteiger partial charge on any atom is -0.504 e. The number of aromatic hydroxyl groups is 1. The SMILES string of the molecule is CC(C)(C)OC(=O)NCC=Cc1cc(Br)cc(F)c1O. The second kappa shape index (κ2) is 6.74. The third kappa shape index (κ3) is 5.61. The largest absolute Gasteiger partial charge is 0.504 e. The molecule has 0 heterocycles. The summed E-state index contributed by atoms with van der Waals surface area (Å²) in [6.07, 6.45) is 2.57. The Labute approximate surface area is 125 Å². The fraction of sp³-hybridized carbons (Fsp3) is 0.357.